The van der Waals surface area contributed by atoms with Gasteiger partial charge >= 0.3 is 5.97 Å². The van der Waals surface area contributed by atoms with Gasteiger partial charge in [0, 0.05) is 13.3 Å². The monoisotopic (exact) mass is 194 g/mol. The van der Waals surface area contributed by atoms with Crippen molar-refractivity contribution in [3.63, 3.8) is 0 Å². The summed E-state index contributed by atoms with van der Waals surface area (Å²) in [5, 5.41) is 0. The molecular weight excluding hydrogens is 180 g/mol. The van der Waals surface area contributed by atoms with Crippen molar-refractivity contribution in [1.82, 2.24) is 0 Å². The summed E-state index contributed by atoms with van der Waals surface area (Å²) in [6.07, 6.45) is -0.174. The van der Waals surface area contributed by atoms with Gasteiger partial charge in [-0.05, 0) is 12.1 Å². The maximum Gasteiger partial charge on any atom is 0.308 e. The Labute approximate surface area is 83.6 Å². The molecule has 0 aliphatic heterocycles. The van der Waals surface area contributed by atoms with Gasteiger partial charge in [-0.1, -0.05) is 25.1 Å². The van der Waals surface area contributed by atoms with Crippen LogP contribution in [0.4, 0.5) is 0 Å². The minimum atomic E-state index is -0.537. The van der Waals surface area contributed by atoms with Gasteiger partial charge in [0.05, 0.1) is 0 Å². The molecule has 0 aliphatic rings. The van der Waals surface area contributed by atoms with Crippen LogP contribution in [0.3, 0.4) is 0 Å². The fourth-order valence-electron chi connectivity index (χ4n) is 0.983. The minimum absolute atomic E-state index is 0.256. The van der Waals surface area contributed by atoms with Crippen molar-refractivity contribution in [1.29, 1.82) is 0 Å². The molecule has 0 aliphatic carbocycles. The van der Waals surface area contributed by atoms with Crippen molar-refractivity contribution in [2.24, 2.45) is 0 Å². The van der Waals surface area contributed by atoms with Crippen LogP contribution in [0.15, 0.2) is 30.3 Å². The summed E-state index contributed by atoms with van der Waals surface area (Å²) in [5.74, 6) is 0.442. The summed E-state index contributed by atoms with van der Waals surface area (Å²) < 4.78 is 10.3. The second-order valence-electron chi connectivity index (χ2n) is 2.84. The summed E-state index contributed by atoms with van der Waals surface area (Å²) in [6, 6.07) is 9.26. The molecule has 0 saturated heterocycles. The lowest BCUT2D eigenvalue weighted by Gasteiger charge is -2.14. The number of esters is 1. The molecule has 1 atom stereocenters. The van der Waals surface area contributed by atoms with Crippen molar-refractivity contribution < 1.29 is 14.3 Å². The number of para-hydroxylation sites is 1. The van der Waals surface area contributed by atoms with Gasteiger partial charge in [0.1, 0.15) is 5.75 Å². The van der Waals surface area contributed by atoms with Gasteiger partial charge in [0.2, 0.25) is 6.29 Å². The largest absolute Gasteiger partial charge is 0.455 e. The molecule has 0 saturated carbocycles. The van der Waals surface area contributed by atoms with Crippen LogP contribution < -0.4 is 4.74 Å². The number of benzene rings is 1. The lowest BCUT2D eigenvalue weighted by molar-refractivity contribution is -0.160. The molecule has 76 valence electrons. The molecule has 0 radical (unpaired) electrons. The van der Waals surface area contributed by atoms with E-state index in [-0.39, 0.29) is 5.97 Å². The average Bonchev–Trinajstić information content (AvgIpc) is 2.19. The Morgan fingerprint density at radius 2 is 2.00 bits per heavy atom. The van der Waals surface area contributed by atoms with E-state index in [1.807, 2.05) is 30.3 Å². The van der Waals surface area contributed by atoms with Crippen molar-refractivity contribution in [3.8, 4) is 5.75 Å². The molecule has 0 N–H and O–H groups in total. The zero-order valence-corrected chi connectivity index (χ0v) is 8.40. The zero-order chi connectivity index (χ0) is 10.4. The predicted octanol–water partition coefficient (Wildman–Crippen LogP) is 2.36. The Hall–Kier alpha value is -1.51. The highest BCUT2D eigenvalue weighted by Crippen LogP contribution is 2.11. The molecule has 1 rings (SSSR count). The zero-order valence-electron chi connectivity index (χ0n) is 8.40. The summed E-state index contributed by atoms with van der Waals surface area (Å²) in [6.45, 7) is 3.44. The van der Waals surface area contributed by atoms with Gasteiger partial charge < -0.3 is 9.47 Å². The Morgan fingerprint density at radius 1 is 1.36 bits per heavy atom. The third-order valence-electron chi connectivity index (χ3n) is 1.63. The van der Waals surface area contributed by atoms with Crippen LogP contribution >= 0.6 is 0 Å². The SMILES string of the molecule is CCC(=O)O[C@@H](C)Oc1ccccc1. The van der Waals surface area contributed by atoms with Crippen LogP contribution in [0.1, 0.15) is 20.3 Å². The molecule has 0 unspecified atom stereocenters. The van der Waals surface area contributed by atoms with E-state index in [0.29, 0.717) is 12.2 Å². The highest BCUT2D eigenvalue weighted by molar-refractivity contribution is 5.68. The second kappa shape index (κ2) is 5.27. The van der Waals surface area contributed by atoms with E-state index in [1.54, 1.807) is 13.8 Å². The Morgan fingerprint density at radius 3 is 2.57 bits per heavy atom. The first-order chi connectivity index (χ1) is 6.72. The maximum absolute atomic E-state index is 10.9. The van der Waals surface area contributed by atoms with Gasteiger partial charge in [-0.2, -0.15) is 0 Å². The van der Waals surface area contributed by atoms with Crippen LogP contribution in [0.25, 0.3) is 0 Å². The highest BCUT2D eigenvalue weighted by Gasteiger charge is 2.07. The Kier molecular flexibility index (Phi) is 3.98. The summed E-state index contributed by atoms with van der Waals surface area (Å²) in [5.41, 5.74) is 0. The fourth-order valence-corrected chi connectivity index (χ4v) is 0.983. The lowest BCUT2D eigenvalue weighted by atomic mass is 10.3. The summed E-state index contributed by atoms with van der Waals surface area (Å²) in [4.78, 5) is 10.9. The maximum atomic E-state index is 10.9. The van der Waals surface area contributed by atoms with Crippen LogP contribution in [0.2, 0.25) is 0 Å². The number of hydrogen-bond acceptors (Lipinski definition) is 3. The Bertz CT molecular complexity index is 282. The molecule has 0 spiro atoms. The standard InChI is InChI=1S/C11H14O3/c1-3-11(12)14-9(2)13-10-7-5-4-6-8-10/h4-9H,3H2,1-2H3/t9-/m0/s1. The molecule has 0 fully saturated rings. The van der Waals surface area contributed by atoms with Gasteiger partial charge in [-0.15, -0.1) is 0 Å². The van der Waals surface area contributed by atoms with E-state index >= 15 is 0 Å². The van der Waals surface area contributed by atoms with Gasteiger partial charge in [0.15, 0.2) is 0 Å². The molecule has 1 aromatic rings. The number of ether oxygens (including phenoxy) is 2. The predicted molar refractivity (Wildman–Crippen MR) is 52.9 cm³/mol. The Balaban J connectivity index is 2.41. The minimum Gasteiger partial charge on any atom is -0.455 e. The molecule has 3 nitrogen and oxygen atoms in total. The highest BCUT2D eigenvalue weighted by atomic mass is 16.7. The molecule has 1 aromatic carbocycles. The lowest BCUT2D eigenvalue weighted by Crippen LogP contribution is -2.20. The van der Waals surface area contributed by atoms with E-state index in [9.17, 15) is 4.79 Å². The van der Waals surface area contributed by atoms with E-state index < -0.39 is 6.29 Å². The number of hydrogen-bond donors (Lipinski definition) is 0. The van der Waals surface area contributed by atoms with Crippen LogP contribution in [0.5, 0.6) is 5.75 Å². The molecule has 3 heteroatoms. The summed E-state index contributed by atoms with van der Waals surface area (Å²) in [7, 11) is 0. The quantitative estimate of drug-likeness (QED) is 0.545. The van der Waals surface area contributed by atoms with E-state index in [0.717, 1.165) is 0 Å². The van der Waals surface area contributed by atoms with Crippen molar-refractivity contribution >= 4 is 5.97 Å². The van der Waals surface area contributed by atoms with E-state index in [2.05, 4.69) is 0 Å². The van der Waals surface area contributed by atoms with E-state index in [1.165, 1.54) is 0 Å². The van der Waals surface area contributed by atoms with Crippen LogP contribution in [0, 0.1) is 0 Å². The second-order valence-corrected chi connectivity index (χ2v) is 2.84. The van der Waals surface area contributed by atoms with Crippen LogP contribution in [-0.4, -0.2) is 12.3 Å². The molecule has 0 heterocycles. The molecular formula is C11H14O3. The van der Waals surface area contributed by atoms with Gasteiger partial charge in [-0.3, -0.25) is 4.79 Å². The molecule has 0 aromatic heterocycles. The van der Waals surface area contributed by atoms with Gasteiger partial charge in [-0.25, -0.2) is 0 Å². The smallest absolute Gasteiger partial charge is 0.308 e. The third kappa shape index (κ3) is 3.47. The number of carbonyl (C=O) groups excluding carboxylic acids is 1. The number of carbonyl (C=O) groups is 1. The van der Waals surface area contributed by atoms with Crippen molar-refractivity contribution in [3.05, 3.63) is 30.3 Å². The molecule has 0 amide bonds. The fraction of sp³-hybridized carbons (Fsp3) is 0.364. The van der Waals surface area contributed by atoms with Crippen LogP contribution in [-0.2, 0) is 9.53 Å². The molecule has 0 bridgehead atoms. The first-order valence-corrected chi connectivity index (χ1v) is 4.63. The van der Waals surface area contributed by atoms with E-state index in [4.69, 9.17) is 9.47 Å². The van der Waals surface area contributed by atoms with Crippen molar-refractivity contribution in [2.75, 3.05) is 0 Å². The first kappa shape index (κ1) is 10.6. The third-order valence-corrected chi connectivity index (χ3v) is 1.63. The first-order valence-electron chi connectivity index (χ1n) is 4.63. The number of rotatable bonds is 4. The van der Waals surface area contributed by atoms with Gasteiger partial charge in [0.25, 0.3) is 0 Å². The molecule has 14 heavy (non-hydrogen) atoms. The normalized spacial score (nSPS) is 11.9. The van der Waals surface area contributed by atoms with Crippen molar-refractivity contribution in [2.45, 2.75) is 26.6 Å². The average molecular weight is 194 g/mol. The topological polar surface area (TPSA) is 35.5 Å². The summed E-state index contributed by atoms with van der Waals surface area (Å²) >= 11 is 0.